The predicted octanol–water partition coefficient (Wildman–Crippen LogP) is 2.67. The van der Waals surface area contributed by atoms with Gasteiger partial charge in [0.2, 0.25) is 0 Å². The molecule has 1 aromatic rings. The first-order valence-corrected chi connectivity index (χ1v) is 7.23. The Hall–Kier alpha value is -1.66. The zero-order valence-electron chi connectivity index (χ0n) is 10.8. The lowest BCUT2D eigenvalue weighted by molar-refractivity contribution is -0.137. The number of carboxylic acid groups (broad SMARTS) is 1. The first-order chi connectivity index (χ1) is 9.47. The van der Waals surface area contributed by atoms with Crippen molar-refractivity contribution in [2.75, 3.05) is 6.54 Å². The summed E-state index contributed by atoms with van der Waals surface area (Å²) in [6.07, 6.45) is 1.68. The summed E-state index contributed by atoms with van der Waals surface area (Å²) < 4.78 is 0.412. The number of carbonyl (C=O) groups excluding carboxylic acids is 1. The van der Waals surface area contributed by atoms with Crippen LogP contribution in [0.4, 0.5) is 0 Å². The van der Waals surface area contributed by atoms with Gasteiger partial charge in [-0.05, 0) is 18.6 Å². The molecule has 0 spiro atoms. The molecule has 1 fully saturated rings. The van der Waals surface area contributed by atoms with E-state index in [0.717, 1.165) is 11.1 Å². The van der Waals surface area contributed by atoms with Gasteiger partial charge in [0.25, 0.3) is 5.91 Å². The van der Waals surface area contributed by atoms with Crippen LogP contribution in [-0.4, -0.2) is 32.7 Å². The number of aryl methyl sites for hydroxylation is 1. The van der Waals surface area contributed by atoms with Crippen LogP contribution >= 0.6 is 24.0 Å². The molecule has 1 aliphatic heterocycles. The maximum atomic E-state index is 12.2. The molecule has 0 saturated carbocycles. The number of amides is 1. The van der Waals surface area contributed by atoms with Crippen LogP contribution in [0.5, 0.6) is 0 Å². The molecule has 1 aliphatic rings. The van der Waals surface area contributed by atoms with Gasteiger partial charge >= 0.3 is 5.97 Å². The van der Waals surface area contributed by atoms with E-state index in [9.17, 15) is 9.59 Å². The maximum Gasteiger partial charge on any atom is 0.305 e. The minimum absolute atomic E-state index is 0.107. The second kappa shape index (κ2) is 6.19. The monoisotopic (exact) mass is 307 g/mol. The molecule has 1 amide bonds. The van der Waals surface area contributed by atoms with Crippen molar-refractivity contribution in [3.05, 3.63) is 40.3 Å². The first-order valence-electron chi connectivity index (χ1n) is 6.01. The Morgan fingerprint density at radius 1 is 1.50 bits per heavy atom. The lowest BCUT2D eigenvalue weighted by Crippen LogP contribution is -2.30. The van der Waals surface area contributed by atoms with Crippen LogP contribution in [-0.2, 0) is 9.59 Å². The average molecular weight is 307 g/mol. The van der Waals surface area contributed by atoms with Crippen molar-refractivity contribution in [3.63, 3.8) is 0 Å². The van der Waals surface area contributed by atoms with Gasteiger partial charge in [-0.3, -0.25) is 14.5 Å². The fourth-order valence-electron chi connectivity index (χ4n) is 1.81. The Kier molecular flexibility index (Phi) is 4.57. The van der Waals surface area contributed by atoms with Crippen LogP contribution in [0.1, 0.15) is 17.5 Å². The molecule has 0 bridgehead atoms. The minimum Gasteiger partial charge on any atom is -0.481 e. The molecule has 4 nitrogen and oxygen atoms in total. The lowest BCUT2D eigenvalue weighted by Gasteiger charge is -2.12. The van der Waals surface area contributed by atoms with Crippen molar-refractivity contribution in [3.8, 4) is 0 Å². The second-order valence-corrected chi connectivity index (χ2v) is 6.07. The van der Waals surface area contributed by atoms with E-state index in [-0.39, 0.29) is 18.9 Å². The topological polar surface area (TPSA) is 57.6 Å². The molecule has 1 saturated heterocycles. The summed E-state index contributed by atoms with van der Waals surface area (Å²) in [6, 6.07) is 7.79. The highest BCUT2D eigenvalue weighted by Gasteiger charge is 2.31. The fraction of sp³-hybridized carbons (Fsp3) is 0.214. The van der Waals surface area contributed by atoms with E-state index in [1.807, 2.05) is 31.2 Å². The number of thioether (sulfide) groups is 1. The van der Waals surface area contributed by atoms with Crippen LogP contribution in [0.2, 0.25) is 0 Å². The van der Waals surface area contributed by atoms with Crippen LogP contribution in [0, 0.1) is 6.92 Å². The first kappa shape index (κ1) is 14.7. The predicted molar refractivity (Wildman–Crippen MR) is 83.3 cm³/mol. The van der Waals surface area contributed by atoms with Gasteiger partial charge in [-0.2, -0.15) is 0 Å². The summed E-state index contributed by atoms with van der Waals surface area (Å²) in [6.45, 7) is 2.10. The second-order valence-electron chi connectivity index (χ2n) is 4.39. The standard InChI is InChI=1S/C14H13NO3S2/c1-9-3-2-4-10(7-9)8-11-13(18)15(14(19)20-11)6-5-12(16)17/h2-4,7-8H,5-6H2,1H3,(H,16,17)/b11-8+. The van der Waals surface area contributed by atoms with E-state index in [0.29, 0.717) is 9.23 Å². The number of aliphatic carboxylic acids is 1. The number of benzene rings is 1. The van der Waals surface area contributed by atoms with Gasteiger partial charge in [-0.25, -0.2) is 0 Å². The van der Waals surface area contributed by atoms with E-state index >= 15 is 0 Å². The normalized spacial score (nSPS) is 17.1. The largest absolute Gasteiger partial charge is 0.481 e. The number of carbonyl (C=O) groups is 2. The van der Waals surface area contributed by atoms with Crippen LogP contribution in [0.3, 0.4) is 0 Å². The molecule has 20 heavy (non-hydrogen) atoms. The van der Waals surface area contributed by atoms with Crippen LogP contribution in [0.25, 0.3) is 6.08 Å². The number of hydrogen-bond acceptors (Lipinski definition) is 4. The molecule has 6 heteroatoms. The highest BCUT2D eigenvalue weighted by molar-refractivity contribution is 8.26. The molecule has 1 aromatic carbocycles. The van der Waals surface area contributed by atoms with E-state index in [1.54, 1.807) is 6.08 Å². The summed E-state index contributed by atoms with van der Waals surface area (Å²) >= 11 is 6.33. The van der Waals surface area contributed by atoms with E-state index in [4.69, 9.17) is 17.3 Å². The van der Waals surface area contributed by atoms with Gasteiger partial charge in [0.15, 0.2) is 0 Å². The van der Waals surface area contributed by atoms with Crippen molar-refractivity contribution in [2.24, 2.45) is 0 Å². The van der Waals surface area contributed by atoms with Gasteiger partial charge in [-0.15, -0.1) is 0 Å². The van der Waals surface area contributed by atoms with Crippen molar-refractivity contribution in [2.45, 2.75) is 13.3 Å². The van der Waals surface area contributed by atoms with E-state index < -0.39 is 5.97 Å². The van der Waals surface area contributed by atoms with Crippen molar-refractivity contribution < 1.29 is 14.7 Å². The summed E-state index contributed by atoms with van der Waals surface area (Å²) in [5.41, 5.74) is 2.05. The smallest absolute Gasteiger partial charge is 0.305 e. The lowest BCUT2D eigenvalue weighted by atomic mass is 10.1. The zero-order valence-corrected chi connectivity index (χ0v) is 12.5. The highest BCUT2D eigenvalue weighted by atomic mass is 32.2. The van der Waals surface area contributed by atoms with E-state index in [2.05, 4.69) is 0 Å². The Bertz CT molecular complexity index is 610. The summed E-state index contributed by atoms with van der Waals surface area (Å²) in [5, 5.41) is 8.68. The van der Waals surface area contributed by atoms with Crippen molar-refractivity contribution >= 4 is 46.3 Å². The molecule has 0 aromatic heterocycles. The number of hydrogen-bond donors (Lipinski definition) is 1. The molecule has 0 radical (unpaired) electrons. The molecule has 1 heterocycles. The summed E-state index contributed by atoms with van der Waals surface area (Å²) in [7, 11) is 0. The van der Waals surface area contributed by atoms with Gasteiger partial charge in [-0.1, -0.05) is 53.8 Å². The molecule has 0 atom stereocenters. The Balaban J connectivity index is 2.17. The number of rotatable bonds is 4. The van der Waals surface area contributed by atoms with Crippen molar-refractivity contribution in [1.82, 2.24) is 4.90 Å². The van der Waals surface area contributed by atoms with Crippen molar-refractivity contribution in [1.29, 1.82) is 0 Å². The Morgan fingerprint density at radius 3 is 2.90 bits per heavy atom. The number of carboxylic acids is 1. The van der Waals surface area contributed by atoms with Gasteiger partial charge < -0.3 is 5.11 Å². The number of thiocarbonyl (C=S) groups is 1. The van der Waals surface area contributed by atoms with Gasteiger partial charge in [0, 0.05) is 6.54 Å². The molecule has 0 unspecified atom stereocenters. The fourth-order valence-corrected chi connectivity index (χ4v) is 3.12. The maximum absolute atomic E-state index is 12.2. The summed E-state index contributed by atoms with van der Waals surface area (Å²) in [4.78, 5) is 24.6. The molecular formula is C14H13NO3S2. The average Bonchev–Trinajstić information content (AvgIpc) is 2.62. The molecule has 0 aliphatic carbocycles. The number of nitrogens with zero attached hydrogens (tertiary/aromatic N) is 1. The van der Waals surface area contributed by atoms with Crippen LogP contribution < -0.4 is 0 Å². The third-order valence-electron chi connectivity index (χ3n) is 2.76. The third kappa shape index (κ3) is 3.46. The van der Waals surface area contributed by atoms with Gasteiger partial charge in [0.1, 0.15) is 4.32 Å². The molecular weight excluding hydrogens is 294 g/mol. The molecule has 1 N–H and O–H groups in total. The summed E-state index contributed by atoms with van der Waals surface area (Å²) in [5.74, 6) is -1.16. The SMILES string of the molecule is Cc1cccc(/C=C2/SC(=S)N(CCC(=O)O)C2=O)c1. The Labute approximate surface area is 126 Å². The van der Waals surface area contributed by atoms with Gasteiger partial charge in [0.05, 0.1) is 11.3 Å². The Morgan fingerprint density at radius 2 is 2.25 bits per heavy atom. The highest BCUT2D eigenvalue weighted by Crippen LogP contribution is 2.32. The van der Waals surface area contributed by atoms with E-state index in [1.165, 1.54) is 16.7 Å². The third-order valence-corrected chi connectivity index (χ3v) is 4.14. The quantitative estimate of drug-likeness (QED) is 0.684. The zero-order chi connectivity index (χ0) is 14.7. The minimum atomic E-state index is -0.943. The van der Waals surface area contributed by atoms with Crippen LogP contribution in [0.15, 0.2) is 29.2 Å². The molecule has 2 rings (SSSR count). The molecule has 104 valence electrons.